The average molecular weight is 476 g/mol. The summed E-state index contributed by atoms with van der Waals surface area (Å²) in [4.78, 5) is 35.8. The van der Waals surface area contributed by atoms with Crippen molar-refractivity contribution >= 4 is 17.8 Å². The number of hydrogen-bond donors (Lipinski definition) is 3. The Morgan fingerprint density at radius 1 is 0.735 bits per heavy atom. The molecule has 0 aliphatic carbocycles. The van der Waals surface area contributed by atoms with E-state index in [1.54, 1.807) is 24.3 Å². The summed E-state index contributed by atoms with van der Waals surface area (Å²) >= 11 is 0. The highest BCUT2D eigenvalue weighted by atomic mass is 16.4. The Balaban J connectivity index is 2.34. The molecule has 1 atom stereocenters. The number of carboxylic acids is 2. The number of rotatable bonds is 21. The maximum Gasteiger partial charge on any atom is 0.329 e. The van der Waals surface area contributed by atoms with Crippen LogP contribution in [0.15, 0.2) is 30.3 Å². The summed E-state index contributed by atoms with van der Waals surface area (Å²) in [6, 6.07) is 9.01. The zero-order chi connectivity index (χ0) is 25.1. The largest absolute Gasteiger partial charge is 0.481 e. The second kappa shape index (κ2) is 18.0. The van der Waals surface area contributed by atoms with Gasteiger partial charge >= 0.3 is 11.9 Å². The highest BCUT2D eigenvalue weighted by Crippen LogP contribution is 2.21. The van der Waals surface area contributed by atoms with Crippen molar-refractivity contribution in [1.29, 1.82) is 0 Å². The molecule has 0 saturated heterocycles. The molecule has 0 spiro atoms. The maximum absolute atomic E-state index is 12.6. The van der Waals surface area contributed by atoms with E-state index in [-0.39, 0.29) is 31.6 Å². The number of nitrogens with one attached hydrogen (secondary N) is 1. The van der Waals surface area contributed by atoms with Gasteiger partial charge in [-0.1, -0.05) is 114 Å². The van der Waals surface area contributed by atoms with E-state index in [0.29, 0.717) is 6.42 Å². The predicted molar refractivity (Wildman–Crippen MR) is 136 cm³/mol. The van der Waals surface area contributed by atoms with Crippen LogP contribution in [0.2, 0.25) is 0 Å². The maximum atomic E-state index is 12.6. The van der Waals surface area contributed by atoms with Crippen molar-refractivity contribution in [3.8, 4) is 0 Å². The summed E-state index contributed by atoms with van der Waals surface area (Å²) < 4.78 is 0. The molecule has 3 N–H and O–H groups in total. The first-order valence-electron chi connectivity index (χ1n) is 13.2. The number of benzene rings is 1. The lowest BCUT2D eigenvalue weighted by atomic mass is 9.86. The molecule has 0 fully saturated rings. The van der Waals surface area contributed by atoms with Crippen LogP contribution in [-0.4, -0.2) is 33.6 Å². The van der Waals surface area contributed by atoms with Gasteiger partial charge in [0, 0.05) is 19.3 Å². The van der Waals surface area contributed by atoms with Crippen LogP contribution in [0.1, 0.15) is 115 Å². The van der Waals surface area contributed by atoms with Crippen molar-refractivity contribution in [3.05, 3.63) is 35.9 Å². The fourth-order valence-corrected chi connectivity index (χ4v) is 4.33. The van der Waals surface area contributed by atoms with Crippen LogP contribution in [-0.2, 0) is 20.8 Å². The topological polar surface area (TPSA) is 104 Å². The van der Waals surface area contributed by atoms with Gasteiger partial charge in [-0.2, -0.15) is 0 Å². The molecule has 192 valence electrons. The Hall–Kier alpha value is -2.37. The molecule has 1 amide bonds. The minimum atomic E-state index is -1.62. The third kappa shape index (κ3) is 13.4. The minimum absolute atomic E-state index is 0.0563. The van der Waals surface area contributed by atoms with E-state index in [0.717, 1.165) is 18.4 Å². The summed E-state index contributed by atoms with van der Waals surface area (Å²) in [5, 5.41) is 21.7. The number of carbonyl (C=O) groups excluding carboxylic acids is 1. The van der Waals surface area contributed by atoms with Crippen LogP contribution in [0, 0.1) is 0 Å². The quantitative estimate of drug-likeness (QED) is 0.176. The van der Waals surface area contributed by atoms with Gasteiger partial charge in [-0.15, -0.1) is 0 Å². The van der Waals surface area contributed by atoms with Gasteiger partial charge in [-0.05, 0) is 18.4 Å². The van der Waals surface area contributed by atoms with Crippen molar-refractivity contribution in [3.63, 3.8) is 0 Å². The number of carboxylic acid groups (broad SMARTS) is 2. The first-order valence-corrected chi connectivity index (χ1v) is 13.2. The average Bonchev–Trinajstić information content (AvgIpc) is 2.81. The summed E-state index contributed by atoms with van der Waals surface area (Å²) in [7, 11) is 0. The summed E-state index contributed by atoms with van der Waals surface area (Å²) in [5.41, 5.74) is -0.871. The van der Waals surface area contributed by atoms with Crippen LogP contribution >= 0.6 is 0 Å². The van der Waals surface area contributed by atoms with Gasteiger partial charge in [0.15, 0.2) is 0 Å². The summed E-state index contributed by atoms with van der Waals surface area (Å²) in [5.74, 6) is -2.60. The van der Waals surface area contributed by atoms with E-state index in [2.05, 4.69) is 12.2 Å². The molecule has 0 bridgehead atoms. The van der Waals surface area contributed by atoms with Crippen molar-refractivity contribution in [2.24, 2.45) is 0 Å². The molecule has 6 nitrogen and oxygen atoms in total. The zero-order valence-corrected chi connectivity index (χ0v) is 21.0. The standard InChI is InChI=1S/C28H45NO5/c1-2-3-4-5-6-7-8-9-10-11-12-13-17-20-25(30)29-28(27(33)34,22-21-26(31)32)23-24-18-15-14-16-19-24/h14-16,18-19H,2-13,17,20-23H2,1H3,(H,29,30)(H,31,32)(H,33,34)/t28-/m1/s1. The van der Waals surface area contributed by atoms with E-state index in [4.69, 9.17) is 5.11 Å². The zero-order valence-electron chi connectivity index (χ0n) is 21.0. The third-order valence-corrected chi connectivity index (χ3v) is 6.41. The molecule has 0 aliphatic heterocycles. The Morgan fingerprint density at radius 2 is 1.24 bits per heavy atom. The lowest BCUT2D eigenvalue weighted by Gasteiger charge is -2.30. The van der Waals surface area contributed by atoms with E-state index >= 15 is 0 Å². The Kier molecular flexibility index (Phi) is 15.7. The molecule has 34 heavy (non-hydrogen) atoms. The number of aliphatic carboxylic acids is 2. The van der Waals surface area contributed by atoms with Crippen molar-refractivity contribution in [2.45, 2.75) is 122 Å². The molecule has 0 heterocycles. The number of unbranched alkanes of at least 4 members (excludes halogenated alkanes) is 12. The molecular formula is C28H45NO5. The smallest absolute Gasteiger partial charge is 0.329 e. The summed E-state index contributed by atoms with van der Waals surface area (Å²) in [6.45, 7) is 2.24. The number of amides is 1. The molecule has 1 rings (SSSR count). The molecule has 0 radical (unpaired) electrons. The van der Waals surface area contributed by atoms with Crippen molar-refractivity contribution < 1.29 is 24.6 Å². The van der Waals surface area contributed by atoms with Crippen molar-refractivity contribution in [2.75, 3.05) is 0 Å². The van der Waals surface area contributed by atoms with Gasteiger partial charge in [-0.3, -0.25) is 9.59 Å². The lowest BCUT2D eigenvalue weighted by molar-refractivity contribution is -0.149. The van der Waals surface area contributed by atoms with E-state index in [9.17, 15) is 19.5 Å². The highest BCUT2D eigenvalue weighted by molar-refractivity contribution is 5.87. The van der Waals surface area contributed by atoms with Crippen LogP contribution in [0.4, 0.5) is 0 Å². The molecule has 0 aliphatic rings. The fourth-order valence-electron chi connectivity index (χ4n) is 4.33. The third-order valence-electron chi connectivity index (χ3n) is 6.41. The highest BCUT2D eigenvalue weighted by Gasteiger charge is 2.40. The van der Waals surface area contributed by atoms with Crippen LogP contribution in [0.3, 0.4) is 0 Å². The predicted octanol–water partition coefficient (Wildman–Crippen LogP) is 6.51. The van der Waals surface area contributed by atoms with Crippen LogP contribution in [0.5, 0.6) is 0 Å². The second-order valence-corrected chi connectivity index (χ2v) is 9.48. The monoisotopic (exact) mass is 475 g/mol. The second-order valence-electron chi connectivity index (χ2n) is 9.48. The molecule has 1 aromatic carbocycles. The summed E-state index contributed by atoms with van der Waals surface area (Å²) in [6.07, 6.45) is 15.6. The number of hydrogen-bond acceptors (Lipinski definition) is 3. The molecular weight excluding hydrogens is 430 g/mol. The Labute approximate surface area is 205 Å². The van der Waals surface area contributed by atoms with Gasteiger partial charge in [0.2, 0.25) is 5.91 Å². The van der Waals surface area contributed by atoms with Gasteiger partial charge < -0.3 is 15.5 Å². The van der Waals surface area contributed by atoms with Crippen molar-refractivity contribution in [1.82, 2.24) is 5.32 Å². The van der Waals surface area contributed by atoms with E-state index in [1.807, 2.05) is 6.07 Å². The van der Waals surface area contributed by atoms with Gasteiger partial charge in [0.25, 0.3) is 0 Å². The molecule has 0 unspecified atom stereocenters. The normalized spacial score (nSPS) is 12.7. The number of carbonyl (C=O) groups is 3. The van der Waals surface area contributed by atoms with E-state index in [1.165, 1.54) is 64.2 Å². The Morgan fingerprint density at radius 3 is 1.71 bits per heavy atom. The first kappa shape index (κ1) is 29.7. The molecule has 1 aromatic rings. The van der Waals surface area contributed by atoms with Gasteiger partial charge in [0.05, 0.1) is 0 Å². The lowest BCUT2D eigenvalue weighted by Crippen LogP contribution is -2.56. The first-order chi connectivity index (χ1) is 16.4. The molecule has 0 saturated carbocycles. The van der Waals surface area contributed by atoms with Gasteiger partial charge in [0.1, 0.15) is 5.54 Å². The Bertz CT molecular complexity index is 706. The SMILES string of the molecule is CCCCCCCCCCCCCCCC(=O)N[C@](CCC(=O)O)(Cc1ccccc1)C(=O)O. The van der Waals surface area contributed by atoms with E-state index < -0.39 is 17.5 Å². The fraction of sp³-hybridized carbons (Fsp3) is 0.679. The van der Waals surface area contributed by atoms with Crippen LogP contribution in [0.25, 0.3) is 0 Å². The van der Waals surface area contributed by atoms with Gasteiger partial charge in [-0.25, -0.2) is 4.79 Å². The molecule has 0 aromatic heterocycles. The molecule has 6 heteroatoms. The minimum Gasteiger partial charge on any atom is -0.481 e. The van der Waals surface area contributed by atoms with Crippen LogP contribution < -0.4 is 5.32 Å².